The molecule has 2 amide bonds. The van der Waals surface area contributed by atoms with Crippen LogP contribution in [-0.2, 0) is 19.1 Å². The van der Waals surface area contributed by atoms with Crippen LogP contribution in [0.3, 0.4) is 0 Å². The Morgan fingerprint density at radius 3 is 2.43 bits per heavy atom. The van der Waals surface area contributed by atoms with Gasteiger partial charge in [-0.3, -0.25) is 14.4 Å². The SMILES string of the molecule is C=CCOC(=O)[C@@H]1[C@@H]2CC(C)C3(S2)C(C(=O)N(CC=C)C(C)(C)CC(C)(C)C)N([C@@H](CC)CO)C(=O)[C@H]13. The zero-order valence-electron chi connectivity index (χ0n) is 23.7. The number of rotatable bonds is 11. The van der Waals surface area contributed by atoms with E-state index in [1.807, 2.05) is 11.8 Å². The minimum Gasteiger partial charge on any atom is -0.461 e. The van der Waals surface area contributed by atoms with Crippen molar-refractivity contribution in [3.8, 4) is 0 Å². The van der Waals surface area contributed by atoms with Crippen molar-refractivity contribution in [2.75, 3.05) is 19.8 Å². The van der Waals surface area contributed by atoms with Gasteiger partial charge in [-0.25, -0.2) is 0 Å². The Balaban J connectivity index is 2.15. The number of carbonyl (C=O) groups is 3. The van der Waals surface area contributed by atoms with Gasteiger partial charge in [-0.15, -0.1) is 18.3 Å². The first-order valence-corrected chi connectivity index (χ1v) is 14.4. The third-order valence-corrected chi connectivity index (χ3v) is 10.5. The molecule has 3 heterocycles. The number of thioether (sulfide) groups is 1. The summed E-state index contributed by atoms with van der Waals surface area (Å²) in [7, 11) is 0. The van der Waals surface area contributed by atoms with Crippen LogP contribution in [0.4, 0.5) is 0 Å². The zero-order valence-corrected chi connectivity index (χ0v) is 24.5. The van der Waals surface area contributed by atoms with Gasteiger partial charge in [0, 0.05) is 17.3 Å². The van der Waals surface area contributed by atoms with Crippen molar-refractivity contribution >= 4 is 29.5 Å². The molecule has 7 atom stereocenters. The van der Waals surface area contributed by atoms with Crippen molar-refractivity contribution in [3.05, 3.63) is 25.3 Å². The quantitative estimate of drug-likeness (QED) is 0.318. The Labute approximate surface area is 227 Å². The van der Waals surface area contributed by atoms with Crippen molar-refractivity contribution in [1.29, 1.82) is 0 Å². The lowest BCUT2D eigenvalue weighted by Gasteiger charge is -2.47. The molecule has 208 valence electrons. The number of hydrogen-bond acceptors (Lipinski definition) is 6. The van der Waals surface area contributed by atoms with Crippen LogP contribution >= 0.6 is 11.8 Å². The number of fused-ring (bicyclic) bond motifs is 1. The first kappa shape index (κ1) is 29.8. The van der Waals surface area contributed by atoms with Crippen LogP contribution < -0.4 is 0 Å². The van der Waals surface area contributed by atoms with Crippen LogP contribution in [0, 0.1) is 23.2 Å². The highest BCUT2D eigenvalue weighted by Gasteiger charge is 2.77. The molecule has 3 saturated heterocycles. The fourth-order valence-corrected chi connectivity index (χ4v) is 9.75. The van der Waals surface area contributed by atoms with E-state index in [1.165, 1.54) is 6.08 Å². The monoisotopic (exact) mass is 534 g/mol. The number of carbonyl (C=O) groups excluding carboxylic acids is 3. The minimum atomic E-state index is -0.775. The third-order valence-electron chi connectivity index (χ3n) is 8.38. The summed E-state index contributed by atoms with van der Waals surface area (Å²) in [5.41, 5.74) is -0.527. The molecule has 2 bridgehead atoms. The summed E-state index contributed by atoms with van der Waals surface area (Å²) in [5, 5.41) is 10.2. The summed E-state index contributed by atoms with van der Waals surface area (Å²) in [6, 6.07) is -1.28. The Bertz CT molecular complexity index is 924. The molecular formula is C29H46N2O5S. The van der Waals surface area contributed by atoms with Crippen molar-refractivity contribution in [1.82, 2.24) is 9.80 Å². The minimum absolute atomic E-state index is 0.0277. The van der Waals surface area contributed by atoms with E-state index >= 15 is 0 Å². The van der Waals surface area contributed by atoms with E-state index in [0.717, 1.165) is 12.8 Å². The van der Waals surface area contributed by atoms with Crippen LogP contribution in [0.15, 0.2) is 25.3 Å². The molecule has 3 aliphatic rings. The number of ether oxygens (including phenoxy) is 1. The predicted octanol–water partition coefficient (Wildman–Crippen LogP) is 4.05. The molecule has 0 aromatic rings. The van der Waals surface area contributed by atoms with Gasteiger partial charge in [0.2, 0.25) is 11.8 Å². The molecule has 3 rings (SSSR count). The topological polar surface area (TPSA) is 87.2 Å². The molecule has 3 aliphatic heterocycles. The average molecular weight is 535 g/mol. The van der Waals surface area contributed by atoms with Crippen molar-refractivity contribution in [2.45, 2.75) is 95.3 Å². The fraction of sp³-hybridized carbons (Fsp3) is 0.759. The number of amides is 2. The summed E-state index contributed by atoms with van der Waals surface area (Å²) >= 11 is 1.62. The molecule has 0 radical (unpaired) electrons. The number of aliphatic hydroxyl groups excluding tert-OH is 1. The average Bonchev–Trinajstić information content (AvgIpc) is 3.39. The maximum absolute atomic E-state index is 14.7. The van der Waals surface area contributed by atoms with E-state index in [1.54, 1.807) is 22.7 Å². The van der Waals surface area contributed by atoms with E-state index in [4.69, 9.17) is 4.74 Å². The first-order valence-electron chi connectivity index (χ1n) is 13.5. The van der Waals surface area contributed by atoms with E-state index < -0.39 is 40.2 Å². The Morgan fingerprint density at radius 1 is 1.27 bits per heavy atom. The van der Waals surface area contributed by atoms with Gasteiger partial charge in [-0.2, -0.15) is 0 Å². The molecule has 0 aromatic carbocycles. The third kappa shape index (κ3) is 5.00. The molecule has 1 N–H and O–H groups in total. The second kappa shape index (κ2) is 10.8. The molecule has 3 unspecified atom stereocenters. The molecule has 1 spiro atoms. The lowest BCUT2D eigenvalue weighted by Crippen LogP contribution is -2.62. The highest BCUT2D eigenvalue weighted by atomic mass is 32.2. The molecule has 37 heavy (non-hydrogen) atoms. The van der Waals surface area contributed by atoms with Crippen molar-refractivity contribution < 1.29 is 24.2 Å². The molecule has 0 aliphatic carbocycles. The molecular weight excluding hydrogens is 488 g/mol. The van der Waals surface area contributed by atoms with Crippen LogP contribution in [0.5, 0.6) is 0 Å². The van der Waals surface area contributed by atoms with E-state index in [9.17, 15) is 19.5 Å². The highest BCUT2D eigenvalue weighted by molar-refractivity contribution is 8.02. The summed E-state index contributed by atoms with van der Waals surface area (Å²) < 4.78 is 4.70. The summed E-state index contributed by atoms with van der Waals surface area (Å²) in [4.78, 5) is 45.7. The number of aliphatic hydroxyl groups is 1. The van der Waals surface area contributed by atoms with Gasteiger partial charge in [0.25, 0.3) is 0 Å². The van der Waals surface area contributed by atoms with Gasteiger partial charge in [-0.05, 0) is 44.4 Å². The van der Waals surface area contributed by atoms with E-state index in [0.29, 0.717) is 13.0 Å². The van der Waals surface area contributed by atoms with Gasteiger partial charge in [0.15, 0.2) is 0 Å². The standard InChI is InChI=1S/C29H46N2O5S/c1-10-13-30(28(8,9)17-27(5,6)7)25(34)23-29-18(4)15-20(37-29)21(26(35)36-14-11-2)22(29)24(33)31(23)19(12-3)16-32/h10-11,18-23,32H,1-2,12-17H2,3-9H3/t18?,19-,20-,21+,22-,23?,29?/m0/s1. The molecule has 7 nitrogen and oxygen atoms in total. The molecule has 0 saturated carbocycles. The number of hydrogen-bond donors (Lipinski definition) is 1. The van der Waals surface area contributed by atoms with Gasteiger partial charge in [0.05, 0.1) is 29.2 Å². The summed E-state index contributed by atoms with van der Waals surface area (Å²) in [5.74, 6) is -1.96. The summed E-state index contributed by atoms with van der Waals surface area (Å²) in [6.45, 7) is 22.4. The van der Waals surface area contributed by atoms with Crippen LogP contribution in [0.2, 0.25) is 0 Å². The first-order chi connectivity index (χ1) is 17.2. The van der Waals surface area contributed by atoms with Gasteiger partial charge in [-0.1, -0.05) is 53.3 Å². The van der Waals surface area contributed by atoms with Crippen molar-refractivity contribution in [2.24, 2.45) is 23.2 Å². The maximum atomic E-state index is 14.7. The lowest BCUT2D eigenvalue weighted by atomic mass is 9.66. The van der Waals surface area contributed by atoms with Crippen LogP contribution in [-0.4, -0.2) is 80.1 Å². The predicted molar refractivity (Wildman–Crippen MR) is 148 cm³/mol. The van der Waals surface area contributed by atoms with Crippen molar-refractivity contribution in [3.63, 3.8) is 0 Å². The normalized spacial score (nSPS) is 31.7. The Morgan fingerprint density at radius 2 is 1.92 bits per heavy atom. The molecule has 8 heteroatoms. The maximum Gasteiger partial charge on any atom is 0.311 e. The highest BCUT2D eigenvalue weighted by Crippen LogP contribution is 2.69. The summed E-state index contributed by atoms with van der Waals surface area (Å²) in [6.07, 6.45) is 5.27. The molecule has 3 fully saturated rings. The van der Waals surface area contributed by atoms with Gasteiger partial charge >= 0.3 is 5.97 Å². The number of nitrogens with zero attached hydrogens (tertiary/aromatic N) is 2. The molecule has 0 aromatic heterocycles. The van der Waals surface area contributed by atoms with Crippen LogP contribution in [0.25, 0.3) is 0 Å². The number of esters is 1. The lowest BCUT2D eigenvalue weighted by molar-refractivity contribution is -0.154. The van der Waals surface area contributed by atoms with Gasteiger partial charge < -0.3 is 19.6 Å². The zero-order chi connectivity index (χ0) is 27.9. The number of likely N-dealkylation sites (tertiary alicyclic amines) is 1. The van der Waals surface area contributed by atoms with Gasteiger partial charge in [0.1, 0.15) is 12.6 Å². The Kier molecular flexibility index (Phi) is 8.65. The Hall–Kier alpha value is -1.80. The van der Waals surface area contributed by atoms with E-state index in [2.05, 4.69) is 54.7 Å². The fourth-order valence-electron chi connectivity index (χ4n) is 7.36. The largest absolute Gasteiger partial charge is 0.461 e. The van der Waals surface area contributed by atoms with E-state index in [-0.39, 0.29) is 41.6 Å². The second-order valence-corrected chi connectivity index (χ2v) is 14.3. The van der Waals surface area contributed by atoms with Crippen LogP contribution in [0.1, 0.15) is 67.7 Å². The smallest absolute Gasteiger partial charge is 0.311 e. The second-order valence-electron chi connectivity index (χ2n) is 12.7.